The molecule has 0 radical (unpaired) electrons. The lowest BCUT2D eigenvalue weighted by Gasteiger charge is -2.24. The molecular weight excluding hydrogens is 276 g/mol. The summed E-state index contributed by atoms with van der Waals surface area (Å²) in [4.78, 5) is 8.55. The van der Waals surface area contributed by atoms with Crippen LogP contribution in [0.3, 0.4) is 0 Å². The summed E-state index contributed by atoms with van der Waals surface area (Å²) in [6.07, 6.45) is 7.09. The van der Waals surface area contributed by atoms with Gasteiger partial charge in [-0.1, -0.05) is 16.8 Å². The molecule has 0 bridgehead atoms. The fraction of sp³-hybridized carbons (Fsp3) is 0.462. The molecule has 0 amide bonds. The Morgan fingerprint density at radius 2 is 2.15 bits per heavy atom. The van der Waals surface area contributed by atoms with Crippen LogP contribution >= 0.6 is 11.6 Å². The molecule has 0 unspecified atom stereocenters. The van der Waals surface area contributed by atoms with Gasteiger partial charge in [0.15, 0.2) is 0 Å². The summed E-state index contributed by atoms with van der Waals surface area (Å²) in [5.41, 5.74) is 1.02. The molecule has 0 N–H and O–H groups in total. The Morgan fingerprint density at radius 3 is 2.80 bits per heavy atom. The van der Waals surface area contributed by atoms with Crippen LogP contribution in [-0.2, 0) is 0 Å². The van der Waals surface area contributed by atoms with E-state index in [0.29, 0.717) is 11.1 Å². The highest BCUT2D eigenvalue weighted by Gasteiger charge is 2.36. The minimum absolute atomic E-state index is 0.261. The van der Waals surface area contributed by atoms with Gasteiger partial charge in [-0.05, 0) is 20.2 Å². The molecule has 0 saturated carbocycles. The lowest BCUT2D eigenvalue weighted by Crippen LogP contribution is -2.36. The summed E-state index contributed by atoms with van der Waals surface area (Å²) in [5, 5.41) is 8.75. The molecule has 1 aliphatic heterocycles. The van der Waals surface area contributed by atoms with Crippen LogP contribution in [0.2, 0.25) is 5.02 Å². The van der Waals surface area contributed by atoms with Crippen molar-refractivity contribution in [2.24, 2.45) is 0 Å². The van der Waals surface area contributed by atoms with Crippen molar-refractivity contribution in [1.29, 1.82) is 0 Å². The smallest absolute Gasteiger partial charge is 0.0883 e. The molecule has 2 aromatic rings. The number of hydrogen-bond acceptors (Lipinski definition) is 5. The van der Waals surface area contributed by atoms with Crippen LogP contribution in [0, 0.1) is 0 Å². The summed E-state index contributed by atoms with van der Waals surface area (Å²) in [6, 6.07) is 2.58. The standard InChI is InChI=1S/C13H17ClN6/c1-18(2)12-8-19(11-3-4-15-7-10(11)14)9-13(12)20-6-5-16-17-20/h3-7,12-13H,8-9H2,1-2H3/t12-,13+/m1/s1. The first kappa shape index (κ1) is 13.3. The number of rotatable bonds is 3. The van der Waals surface area contributed by atoms with E-state index >= 15 is 0 Å². The number of anilines is 1. The monoisotopic (exact) mass is 292 g/mol. The quantitative estimate of drug-likeness (QED) is 0.854. The molecule has 6 nitrogen and oxygen atoms in total. The molecule has 7 heteroatoms. The van der Waals surface area contributed by atoms with Crippen molar-refractivity contribution in [2.45, 2.75) is 12.1 Å². The summed E-state index contributed by atoms with van der Waals surface area (Å²) >= 11 is 6.25. The van der Waals surface area contributed by atoms with Crippen molar-refractivity contribution >= 4 is 17.3 Å². The van der Waals surface area contributed by atoms with Crippen molar-refractivity contribution in [3.05, 3.63) is 35.9 Å². The number of nitrogens with zero attached hydrogens (tertiary/aromatic N) is 6. The maximum absolute atomic E-state index is 6.25. The molecule has 1 aliphatic rings. The van der Waals surface area contributed by atoms with Crippen LogP contribution in [0.5, 0.6) is 0 Å². The third-order valence-corrected chi connectivity index (χ3v) is 4.09. The fourth-order valence-electron chi connectivity index (χ4n) is 2.75. The SMILES string of the molecule is CN(C)[C@@H]1CN(c2ccncc2Cl)C[C@@H]1n1ccnn1. The van der Waals surface area contributed by atoms with E-state index in [4.69, 9.17) is 11.6 Å². The van der Waals surface area contributed by atoms with Gasteiger partial charge in [0.1, 0.15) is 0 Å². The first-order valence-corrected chi connectivity index (χ1v) is 6.91. The average Bonchev–Trinajstić information content (AvgIpc) is 3.08. The zero-order valence-electron chi connectivity index (χ0n) is 11.5. The zero-order chi connectivity index (χ0) is 14.1. The van der Waals surface area contributed by atoms with Gasteiger partial charge in [0.25, 0.3) is 0 Å². The summed E-state index contributed by atoms with van der Waals surface area (Å²) in [7, 11) is 4.18. The zero-order valence-corrected chi connectivity index (χ0v) is 12.3. The van der Waals surface area contributed by atoms with Gasteiger partial charge in [0.2, 0.25) is 0 Å². The van der Waals surface area contributed by atoms with E-state index in [1.165, 1.54) is 0 Å². The van der Waals surface area contributed by atoms with Crippen LogP contribution in [0.15, 0.2) is 30.9 Å². The van der Waals surface area contributed by atoms with Crippen LogP contribution < -0.4 is 4.90 Å². The maximum atomic E-state index is 6.25. The second-order valence-corrected chi connectivity index (χ2v) is 5.62. The Bertz CT molecular complexity index is 570. The summed E-state index contributed by atoms with van der Waals surface area (Å²) in [6.45, 7) is 1.76. The van der Waals surface area contributed by atoms with E-state index in [-0.39, 0.29) is 6.04 Å². The number of likely N-dealkylation sites (N-methyl/N-ethyl adjacent to an activating group) is 1. The molecule has 1 fully saturated rings. The molecular formula is C13H17ClN6. The Morgan fingerprint density at radius 1 is 1.30 bits per heavy atom. The molecule has 0 spiro atoms. The van der Waals surface area contributed by atoms with E-state index < -0.39 is 0 Å². The lowest BCUT2D eigenvalue weighted by atomic mass is 10.1. The second kappa shape index (κ2) is 5.38. The van der Waals surface area contributed by atoms with Crippen LogP contribution in [0.4, 0.5) is 5.69 Å². The van der Waals surface area contributed by atoms with E-state index in [2.05, 4.69) is 39.2 Å². The van der Waals surface area contributed by atoms with Gasteiger partial charge >= 0.3 is 0 Å². The largest absolute Gasteiger partial charge is 0.366 e. The van der Waals surface area contributed by atoms with E-state index in [0.717, 1.165) is 18.8 Å². The Balaban J connectivity index is 1.89. The molecule has 1 saturated heterocycles. The van der Waals surface area contributed by atoms with Crippen LogP contribution in [0.1, 0.15) is 6.04 Å². The maximum Gasteiger partial charge on any atom is 0.0883 e. The number of halogens is 1. The molecule has 3 heterocycles. The average molecular weight is 293 g/mol. The third-order valence-electron chi connectivity index (χ3n) is 3.79. The van der Waals surface area contributed by atoms with Crippen molar-refractivity contribution in [3.8, 4) is 0 Å². The van der Waals surface area contributed by atoms with Crippen molar-refractivity contribution in [1.82, 2.24) is 24.9 Å². The molecule has 106 valence electrons. The van der Waals surface area contributed by atoms with E-state index in [9.17, 15) is 0 Å². The van der Waals surface area contributed by atoms with Gasteiger partial charge < -0.3 is 9.80 Å². The fourth-order valence-corrected chi connectivity index (χ4v) is 2.99. The van der Waals surface area contributed by atoms with E-state index in [1.807, 2.05) is 16.9 Å². The van der Waals surface area contributed by atoms with Crippen molar-refractivity contribution in [2.75, 3.05) is 32.1 Å². The first-order valence-electron chi connectivity index (χ1n) is 6.53. The molecule has 0 aromatic carbocycles. The summed E-state index contributed by atoms with van der Waals surface area (Å²) < 4.78 is 1.93. The predicted octanol–water partition coefficient (Wildman–Crippen LogP) is 1.32. The molecule has 2 atom stereocenters. The topological polar surface area (TPSA) is 50.1 Å². The normalized spacial score (nSPS) is 22.7. The van der Waals surface area contributed by atoms with Crippen molar-refractivity contribution < 1.29 is 0 Å². The summed E-state index contributed by atoms with van der Waals surface area (Å²) in [5.74, 6) is 0. The Hall–Kier alpha value is -1.66. The van der Waals surface area contributed by atoms with Crippen molar-refractivity contribution in [3.63, 3.8) is 0 Å². The number of hydrogen-bond donors (Lipinski definition) is 0. The van der Waals surface area contributed by atoms with Gasteiger partial charge in [0, 0.05) is 31.7 Å². The van der Waals surface area contributed by atoms with Gasteiger partial charge in [0.05, 0.1) is 29.0 Å². The van der Waals surface area contributed by atoms with E-state index in [1.54, 1.807) is 18.6 Å². The lowest BCUT2D eigenvalue weighted by molar-refractivity contribution is 0.243. The van der Waals surface area contributed by atoms with Gasteiger partial charge in [-0.2, -0.15) is 0 Å². The number of pyridine rings is 1. The second-order valence-electron chi connectivity index (χ2n) is 5.21. The highest BCUT2D eigenvalue weighted by molar-refractivity contribution is 6.33. The molecule has 20 heavy (non-hydrogen) atoms. The molecule has 3 rings (SSSR count). The Kier molecular flexibility index (Phi) is 3.58. The predicted molar refractivity (Wildman–Crippen MR) is 78.0 cm³/mol. The van der Waals surface area contributed by atoms with Crippen LogP contribution in [-0.4, -0.2) is 58.1 Å². The van der Waals surface area contributed by atoms with Gasteiger partial charge in [-0.25, -0.2) is 4.68 Å². The van der Waals surface area contributed by atoms with Gasteiger partial charge in [-0.3, -0.25) is 4.98 Å². The van der Waals surface area contributed by atoms with Gasteiger partial charge in [-0.15, -0.1) is 5.10 Å². The Labute approximate surface area is 123 Å². The minimum Gasteiger partial charge on any atom is -0.366 e. The molecule has 2 aromatic heterocycles. The first-order chi connectivity index (χ1) is 9.66. The molecule has 0 aliphatic carbocycles. The van der Waals surface area contributed by atoms with Crippen LogP contribution in [0.25, 0.3) is 0 Å². The third kappa shape index (κ3) is 2.36. The minimum atomic E-state index is 0.261. The highest BCUT2D eigenvalue weighted by atomic mass is 35.5. The number of aromatic nitrogens is 4. The highest BCUT2D eigenvalue weighted by Crippen LogP contribution is 2.32.